The molecule has 0 aliphatic carbocycles. The Morgan fingerprint density at radius 3 is 1.82 bits per heavy atom. The smallest absolute Gasteiger partial charge is 0.201 e. The summed E-state index contributed by atoms with van der Waals surface area (Å²) in [7, 11) is 0. The molecule has 198 valence electrons. The van der Waals surface area contributed by atoms with Crippen LogP contribution in [-0.2, 0) is 12.8 Å². The number of rotatable bonds is 11. The molecule has 2 nitrogen and oxygen atoms in total. The predicted octanol–water partition coefficient (Wildman–Crippen LogP) is 8.94. The number of halogens is 4. The molecule has 0 saturated heterocycles. The van der Waals surface area contributed by atoms with Gasteiger partial charge in [-0.3, -0.25) is 0 Å². The summed E-state index contributed by atoms with van der Waals surface area (Å²) in [6.07, 6.45) is 2.73. The molecule has 0 aromatic heterocycles. The summed E-state index contributed by atoms with van der Waals surface area (Å²) in [5.74, 6) is -3.18. The number of ether oxygens (including phenoxy) is 2. The topological polar surface area (TPSA) is 18.5 Å². The summed E-state index contributed by atoms with van der Waals surface area (Å²) in [6, 6.07) is 19.9. The molecule has 0 atom stereocenters. The van der Waals surface area contributed by atoms with E-state index in [0.717, 1.165) is 18.4 Å². The van der Waals surface area contributed by atoms with Crippen LogP contribution in [0.25, 0.3) is 22.3 Å². The van der Waals surface area contributed by atoms with Crippen molar-refractivity contribution in [3.05, 3.63) is 107 Å². The Morgan fingerprint density at radius 1 is 0.579 bits per heavy atom. The monoisotopic (exact) mass is 522 g/mol. The highest BCUT2D eigenvalue weighted by Crippen LogP contribution is 2.31. The maximum atomic E-state index is 14.9. The van der Waals surface area contributed by atoms with Crippen LogP contribution in [0, 0.1) is 23.3 Å². The fourth-order valence-electron chi connectivity index (χ4n) is 4.22. The van der Waals surface area contributed by atoms with E-state index < -0.39 is 23.3 Å². The summed E-state index contributed by atoms with van der Waals surface area (Å²) < 4.78 is 69.3. The lowest BCUT2D eigenvalue weighted by Crippen LogP contribution is -2.00. The van der Waals surface area contributed by atoms with Crippen molar-refractivity contribution in [2.75, 3.05) is 13.2 Å². The fourth-order valence-corrected chi connectivity index (χ4v) is 4.22. The SMILES string of the molecule is CCCCOc1ccc(-c2ccc(CCc3ccc(-c4ccc(OCC)c(F)c4F)cc3)c(F)c2F)cc1. The molecule has 0 unspecified atom stereocenters. The Morgan fingerprint density at radius 2 is 1.18 bits per heavy atom. The third-order valence-electron chi connectivity index (χ3n) is 6.39. The van der Waals surface area contributed by atoms with E-state index in [9.17, 15) is 17.6 Å². The lowest BCUT2D eigenvalue weighted by molar-refractivity contribution is 0.309. The third kappa shape index (κ3) is 6.18. The summed E-state index contributed by atoms with van der Waals surface area (Å²) in [6.45, 7) is 4.63. The average molecular weight is 523 g/mol. The average Bonchev–Trinajstić information content (AvgIpc) is 2.93. The zero-order valence-electron chi connectivity index (χ0n) is 21.5. The van der Waals surface area contributed by atoms with Gasteiger partial charge in [0, 0.05) is 11.1 Å². The largest absolute Gasteiger partial charge is 0.494 e. The standard InChI is InChI=1S/C32H30F4O2/c1-3-5-20-38-25-15-12-23(13-16-25)26-17-14-24(29(33)30(26)34)11-8-21-6-9-22(10-7-21)27-18-19-28(37-4-2)32(36)31(27)35/h6-7,9-10,12-19H,3-5,8,11,20H2,1-2H3. The minimum atomic E-state index is -1.02. The minimum absolute atomic E-state index is 0.126. The molecule has 38 heavy (non-hydrogen) atoms. The lowest BCUT2D eigenvalue weighted by Gasteiger charge is -2.11. The van der Waals surface area contributed by atoms with Crippen LogP contribution in [0.1, 0.15) is 37.8 Å². The van der Waals surface area contributed by atoms with Gasteiger partial charge < -0.3 is 9.47 Å². The van der Waals surface area contributed by atoms with Crippen LogP contribution >= 0.6 is 0 Å². The van der Waals surface area contributed by atoms with Crippen molar-refractivity contribution in [3.8, 4) is 33.8 Å². The van der Waals surface area contributed by atoms with Crippen molar-refractivity contribution in [3.63, 3.8) is 0 Å². The van der Waals surface area contributed by atoms with Crippen LogP contribution in [0.15, 0.2) is 72.8 Å². The summed E-state index contributed by atoms with van der Waals surface area (Å²) in [5.41, 5.74) is 2.54. The van der Waals surface area contributed by atoms with Crippen molar-refractivity contribution in [2.45, 2.75) is 39.5 Å². The summed E-state index contributed by atoms with van der Waals surface area (Å²) >= 11 is 0. The van der Waals surface area contributed by atoms with Gasteiger partial charge in [-0.1, -0.05) is 61.9 Å². The molecule has 0 spiro atoms. The minimum Gasteiger partial charge on any atom is -0.494 e. The molecule has 0 bridgehead atoms. The molecule has 0 fully saturated rings. The van der Waals surface area contributed by atoms with Gasteiger partial charge in [-0.25, -0.2) is 13.2 Å². The molecule has 6 heteroatoms. The molecule has 0 saturated carbocycles. The first-order valence-electron chi connectivity index (χ1n) is 12.8. The molecule has 4 rings (SSSR count). The highest BCUT2D eigenvalue weighted by Gasteiger charge is 2.17. The predicted molar refractivity (Wildman–Crippen MR) is 143 cm³/mol. The van der Waals surface area contributed by atoms with Crippen molar-refractivity contribution >= 4 is 0 Å². The van der Waals surface area contributed by atoms with Crippen LogP contribution in [0.3, 0.4) is 0 Å². The van der Waals surface area contributed by atoms with Crippen LogP contribution in [0.4, 0.5) is 17.6 Å². The van der Waals surface area contributed by atoms with E-state index >= 15 is 0 Å². The fraction of sp³-hybridized carbons (Fsp3) is 0.250. The van der Waals surface area contributed by atoms with E-state index in [1.54, 1.807) is 67.6 Å². The summed E-state index contributed by atoms with van der Waals surface area (Å²) in [4.78, 5) is 0. The van der Waals surface area contributed by atoms with Crippen LogP contribution in [0.5, 0.6) is 11.5 Å². The maximum Gasteiger partial charge on any atom is 0.201 e. The molecule has 0 aliphatic heterocycles. The zero-order chi connectivity index (χ0) is 27.1. The number of hydrogen-bond acceptors (Lipinski definition) is 2. The van der Waals surface area contributed by atoms with E-state index in [-0.39, 0.29) is 29.0 Å². The van der Waals surface area contributed by atoms with Gasteiger partial charge in [-0.05, 0) is 72.7 Å². The van der Waals surface area contributed by atoms with Crippen LogP contribution in [0.2, 0.25) is 0 Å². The second-order valence-corrected chi connectivity index (χ2v) is 9.00. The Labute approximate surface area is 220 Å². The van der Waals surface area contributed by atoms with E-state index in [1.165, 1.54) is 12.1 Å². The number of aryl methyl sites for hydroxylation is 2. The Bertz CT molecular complexity index is 1370. The van der Waals surface area contributed by atoms with Crippen molar-refractivity contribution in [1.82, 2.24) is 0 Å². The maximum absolute atomic E-state index is 14.9. The van der Waals surface area contributed by atoms with Crippen LogP contribution < -0.4 is 9.47 Å². The Balaban J connectivity index is 1.43. The quantitative estimate of drug-likeness (QED) is 0.145. The van der Waals surface area contributed by atoms with Gasteiger partial charge in [0.25, 0.3) is 0 Å². The highest BCUT2D eigenvalue weighted by molar-refractivity contribution is 5.66. The van der Waals surface area contributed by atoms with Crippen molar-refractivity contribution in [1.29, 1.82) is 0 Å². The Hall–Kier alpha value is -3.80. The number of unbranched alkanes of at least 4 members (excludes halogenated alkanes) is 1. The molecule has 0 radical (unpaired) electrons. The van der Waals surface area contributed by atoms with E-state index in [4.69, 9.17) is 9.47 Å². The van der Waals surface area contributed by atoms with E-state index in [0.29, 0.717) is 36.3 Å². The molecular weight excluding hydrogens is 492 g/mol. The van der Waals surface area contributed by atoms with E-state index in [1.807, 2.05) is 0 Å². The lowest BCUT2D eigenvalue weighted by atomic mass is 9.97. The van der Waals surface area contributed by atoms with E-state index in [2.05, 4.69) is 6.92 Å². The third-order valence-corrected chi connectivity index (χ3v) is 6.39. The van der Waals surface area contributed by atoms with Gasteiger partial charge in [-0.15, -0.1) is 0 Å². The van der Waals surface area contributed by atoms with Gasteiger partial charge >= 0.3 is 0 Å². The molecule has 4 aromatic rings. The normalized spacial score (nSPS) is 11.0. The van der Waals surface area contributed by atoms with Crippen molar-refractivity contribution < 1.29 is 27.0 Å². The van der Waals surface area contributed by atoms with Crippen molar-refractivity contribution in [2.24, 2.45) is 0 Å². The van der Waals surface area contributed by atoms with Gasteiger partial charge in [0.05, 0.1) is 13.2 Å². The highest BCUT2D eigenvalue weighted by atomic mass is 19.2. The molecular formula is C32H30F4O2. The van der Waals surface area contributed by atoms with Gasteiger partial charge in [0.2, 0.25) is 5.82 Å². The number of benzene rings is 4. The molecule has 0 aliphatic rings. The summed E-state index contributed by atoms with van der Waals surface area (Å²) in [5, 5.41) is 0. The first kappa shape index (κ1) is 27.2. The number of hydrogen-bond donors (Lipinski definition) is 0. The Kier molecular flexibility index (Phi) is 9.06. The second-order valence-electron chi connectivity index (χ2n) is 9.00. The molecule has 0 amide bonds. The second kappa shape index (κ2) is 12.6. The first-order valence-corrected chi connectivity index (χ1v) is 12.8. The molecule has 0 heterocycles. The molecule has 0 N–H and O–H groups in total. The molecule has 4 aromatic carbocycles. The van der Waals surface area contributed by atoms with Gasteiger partial charge in [0.15, 0.2) is 23.2 Å². The first-order chi connectivity index (χ1) is 18.4. The van der Waals surface area contributed by atoms with Crippen LogP contribution in [-0.4, -0.2) is 13.2 Å². The van der Waals surface area contributed by atoms with Gasteiger partial charge in [-0.2, -0.15) is 4.39 Å². The zero-order valence-corrected chi connectivity index (χ0v) is 21.5. The van der Waals surface area contributed by atoms with Gasteiger partial charge in [0.1, 0.15) is 5.75 Å².